The minimum absolute atomic E-state index is 0.526. The summed E-state index contributed by atoms with van der Waals surface area (Å²) >= 11 is 7.45. The fourth-order valence-electron chi connectivity index (χ4n) is 1.78. The average Bonchev–Trinajstić information content (AvgIpc) is 2.98. The van der Waals surface area contributed by atoms with Gasteiger partial charge in [-0.3, -0.25) is 4.90 Å². The number of hydrogen-bond donors (Lipinski definition) is 0. The fourth-order valence-corrected chi connectivity index (χ4v) is 2.86. The molecule has 0 bridgehead atoms. The smallest absolute Gasteiger partial charge is 0.107 e. The van der Waals surface area contributed by atoms with Crippen LogP contribution < -0.4 is 0 Å². The molecule has 1 unspecified atom stereocenters. The van der Waals surface area contributed by atoms with E-state index in [0.717, 1.165) is 18.2 Å². The van der Waals surface area contributed by atoms with Gasteiger partial charge in [-0.25, -0.2) is 4.98 Å². The Balaban J connectivity index is 1.89. The van der Waals surface area contributed by atoms with Gasteiger partial charge in [0.15, 0.2) is 0 Å². The Bertz CT molecular complexity index is 322. The predicted molar refractivity (Wildman–Crippen MR) is 65.3 cm³/mol. The Morgan fingerprint density at radius 2 is 2.40 bits per heavy atom. The SMILES string of the molecule is CC(C1CC1)N(C)Cc1nc(CCl)cs1. The highest BCUT2D eigenvalue weighted by atomic mass is 35.5. The van der Waals surface area contributed by atoms with E-state index < -0.39 is 0 Å². The lowest BCUT2D eigenvalue weighted by Gasteiger charge is -2.23. The third-order valence-electron chi connectivity index (χ3n) is 3.12. The summed E-state index contributed by atoms with van der Waals surface area (Å²) < 4.78 is 0. The minimum atomic E-state index is 0.526. The van der Waals surface area contributed by atoms with Gasteiger partial charge in [0.2, 0.25) is 0 Å². The van der Waals surface area contributed by atoms with Gasteiger partial charge in [-0.2, -0.15) is 0 Å². The second-order valence-electron chi connectivity index (χ2n) is 4.36. The molecule has 0 amide bonds. The summed E-state index contributed by atoms with van der Waals surface area (Å²) in [5.41, 5.74) is 1.00. The van der Waals surface area contributed by atoms with Gasteiger partial charge in [0.25, 0.3) is 0 Å². The Morgan fingerprint density at radius 3 is 2.93 bits per heavy atom. The van der Waals surface area contributed by atoms with Crippen molar-refractivity contribution < 1.29 is 0 Å². The van der Waals surface area contributed by atoms with E-state index in [4.69, 9.17) is 11.6 Å². The van der Waals surface area contributed by atoms with Gasteiger partial charge in [-0.1, -0.05) is 0 Å². The molecule has 0 saturated heterocycles. The number of hydrogen-bond acceptors (Lipinski definition) is 3. The molecule has 0 radical (unpaired) electrons. The zero-order valence-electron chi connectivity index (χ0n) is 9.24. The third kappa shape index (κ3) is 2.92. The van der Waals surface area contributed by atoms with Crippen molar-refractivity contribution in [2.45, 2.75) is 38.2 Å². The molecule has 4 heteroatoms. The van der Waals surface area contributed by atoms with Crippen molar-refractivity contribution in [3.8, 4) is 0 Å². The van der Waals surface area contributed by atoms with E-state index in [1.165, 1.54) is 17.8 Å². The molecule has 1 saturated carbocycles. The maximum atomic E-state index is 5.73. The molecule has 1 fully saturated rings. The molecule has 1 heterocycles. The number of halogens is 1. The molecule has 84 valence electrons. The van der Waals surface area contributed by atoms with Gasteiger partial charge in [0.1, 0.15) is 5.01 Å². The number of nitrogens with zero attached hydrogens (tertiary/aromatic N) is 2. The molecule has 1 aliphatic rings. The van der Waals surface area contributed by atoms with Crippen molar-refractivity contribution in [3.63, 3.8) is 0 Å². The van der Waals surface area contributed by atoms with E-state index in [1.54, 1.807) is 11.3 Å². The van der Waals surface area contributed by atoms with Crippen LogP contribution in [0.25, 0.3) is 0 Å². The average molecular weight is 245 g/mol. The molecule has 0 aliphatic heterocycles. The molecule has 15 heavy (non-hydrogen) atoms. The Morgan fingerprint density at radius 1 is 1.67 bits per heavy atom. The molecule has 0 spiro atoms. The van der Waals surface area contributed by atoms with E-state index in [-0.39, 0.29) is 0 Å². The summed E-state index contributed by atoms with van der Waals surface area (Å²) in [7, 11) is 2.19. The lowest BCUT2D eigenvalue weighted by Crippen LogP contribution is -2.30. The summed E-state index contributed by atoms with van der Waals surface area (Å²) in [6.45, 7) is 3.27. The molecule has 1 aromatic heterocycles. The Labute approximate surface area is 100 Å². The van der Waals surface area contributed by atoms with Crippen molar-refractivity contribution in [2.75, 3.05) is 7.05 Å². The van der Waals surface area contributed by atoms with E-state index in [0.29, 0.717) is 11.9 Å². The van der Waals surface area contributed by atoms with Crippen LogP contribution >= 0.6 is 22.9 Å². The van der Waals surface area contributed by atoms with E-state index >= 15 is 0 Å². The first-order valence-electron chi connectivity index (χ1n) is 5.40. The first kappa shape index (κ1) is 11.4. The first-order valence-corrected chi connectivity index (χ1v) is 6.81. The van der Waals surface area contributed by atoms with Gasteiger partial charge < -0.3 is 0 Å². The summed E-state index contributed by atoms with van der Waals surface area (Å²) in [5, 5.41) is 3.23. The molecule has 1 aromatic rings. The van der Waals surface area contributed by atoms with E-state index in [2.05, 4.69) is 29.2 Å². The van der Waals surface area contributed by atoms with Crippen LogP contribution in [0.3, 0.4) is 0 Å². The van der Waals surface area contributed by atoms with E-state index in [9.17, 15) is 0 Å². The number of alkyl halides is 1. The van der Waals surface area contributed by atoms with Crippen molar-refractivity contribution in [1.82, 2.24) is 9.88 Å². The Kier molecular flexibility index (Phi) is 3.65. The second kappa shape index (κ2) is 4.81. The summed E-state index contributed by atoms with van der Waals surface area (Å²) in [5.74, 6) is 1.45. The van der Waals surface area contributed by atoms with Crippen LogP contribution in [0.5, 0.6) is 0 Å². The summed E-state index contributed by atoms with van der Waals surface area (Å²) in [6.07, 6.45) is 2.80. The minimum Gasteiger partial charge on any atom is -0.297 e. The number of thiazole rings is 1. The number of aromatic nitrogens is 1. The maximum Gasteiger partial charge on any atom is 0.107 e. The maximum absolute atomic E-state index is 5.73. The summed E-state index contributed by atoms with van der Waals surface area (Å²) in [6, 6.07) is 0.688. The zero-order chi connectivity index (χ0) is 10.8. The van der Waals surface area contributed by atoms with Crippen molar-refractivity contribution in [1.29, 1.82) is 0 Å². The van der Waals surface area contributed by atoms with Crippen molar-refractivity contribution in [2.24, 2.45) is 5.92 Å². The largest absolute Gasteiger partial charge is 0.297 e. The highest BCUT2D eigenvalue weighted by Crippen LogP contribution is 2.35. The Hall–Kier alpha value is -0.120. The molecule has 1 aliphatic carbocycles. The quantitative estimate of drug-likeness (QED) is 0.740. The second-order valence-corrected chi connectivity index (χ2v) is 5.57. The highest BCUT2D eigenvalue weighted by molar-refractivity contribution is 7.09. The highest BCUT2D eigenvalue weighted by Gasteiger charge is 2.30. The normalized spacial score (nSPS) is 18.4. The monoisotopic (exact) mass is 244 g/mol. The van der Waals surface area contributed by atoms with Crippen LogP contribution in [0.15, 0.2) is 5.38 Å². The van der Waals surface area contributed by atoms with Gasteiger partial charge in [0.05, 0.1) is 18.1 Å². The van der Waals surface area contributed by atoms with Gasteiger partial charge in [-0.15, -0.1) is 22.9 Å². The lowest BCUT2D eigenvalue weighted by molar-refractivity contribution is 0.226. The van der Waals surface area contributed by atoms with Crippen LogP contribution in [-0.4, -0.2) is 23.0 Å². The standard InChI is InChI=1S/C11H17ClN2S/c1-8(9-3-4-9)14(2)6-11-13-10(5-12)7-15-11/h7-9H,3-6H2,1-2H3. The van der Waals surface area contributed by atoms with Gasteiger partial charge in [-0.05, 0) is 32.7 Å². The van der Waals surface area contributed by atoms with Crippen LogP contribution in [0, 0.1) is 5.92 Å². The molecule has 2 rings (SSSR count). The van der Waals surface area contributed by atoms with Crippen LogP contribution in [0.1, 0.15) is 30.5 Å². The molecular formula is C11H17ClN2S. The van der Waals surface area contributed by atoms with Crippen molar-refractivity contribution >= 4 is 22.9 Å². The molecule has 1 atom stereocenters. The van der Waals surface area contributed by atoms with Crippen molar-refractivity contribution in [3.05, 3.63) is 16.1 Å². The zero-order valence-corrected chi connectivity index (χ0v) is 10.8. The van der Waals surface area contributed by atoms with Gasteiger partial charge >= 0.3 is 0 Å². The molecular weight excluding hydrogens is 228 g/mol. The predicted octanol–water partition coefficient (Wildman–Crippen LogP) is 3.11. The number of rotatable bonds is 5. The summed E-state index contributed by atoms with van der Waals surface area (Å²) in [4.78, 5) is 6.87. The van der Waals surface area contributed by atoms with E-state index in [1.807, 2.05) is 0 Å². The molecule has 2 nitrogen and oxygen atoms in total. The van der Waals surface area contributed by atoms with Gasteiger partial charge in [0, 0.05) is 11.4 Å². The fraction of sp³-hybridized carbons (Fsp3) is 0.727. The third-order valence-corrected chi connectivity index (χ3v) is 4.28. The first-order chi connectivity index (χ1) is 7.20. The van der Waals surface area contributed by atoms with Crippen LogP contribution in [0.4, 0.5) is 0 Å². The molecule has 0 N–H and O–H groups in total. The topological polar surface area (TPSA) is 16.1 Å². The lowest BCUT2D eigenvalue weighted by atomic mass is 10.2. The van der Waals surface area contributed by atoms with Crippen LogP contribution in [-0.2, 0) is 12.4 Å². The van der Waals surface area contributed by atoms with Crippen LogP contribution in [0.2, 0.25) is 0 Å². The molecule has 0 aromatic carbocycles.